The van der Waals surface area contributed by atoms with E-state index in [0.717, 1.165) is 37.7 Å². The first-order valence-electron chi connectivity index (χ1n) is 11.9. The first-order valence-corrected chi connectivity index (χ1v) is 12.7. The molecule has 0 N–H and O–H groups in total. The van der Waals surface area contributed by atoms with Gasteiger partial charge in [-0.15, -0.1) is 11.3 Å². The molecule has 2 aromatic carbocycles. The predicted octanol–water partition coefficient (Wildman–Crippen LogP) is 7.20. The lowest BCUT2D eigenvalue weighted by molar-refractivity contribution is 0.969. The van der Waals surface area contributed by atoms with Crippen LogP contribution in [0.25, 0.3) is 18.2 Å². The number of allylic oxidation sites excluding steroid dienone is 5. The van der Waals surface area contributed by atoms with Crippen LogP contribution in [0.15, 0.2) is 89.5 Å². The van der Waals surface area contributed by atoms with Crippen molar-refractivity contribution in [3.63, 3.8) is 0 Å². The summed E-state index contributed by atoms with van der Waals surface area (Å²) in [6.45, 7) is 0. The van der Waals surface area contributed by atoms with Gasteiger partial charge >= 0.3 is 0 Å². The molecule has 38 heavy (non-hydrogen) atoms. The van der Waals surface area contributed by atoms with Gasteiger partial charge in [0.1, 0.15) is 35.4 Å². The fourth-order valence-corrected chi connectivity index (χ4v) is 5.35. The average molecular weight is 510 g/mol. The van der Waals surface area contributed by atoms with E-state index in [4.69, 9.17) is 0 Å². The number of nitriles is 4. The van der Waals surface area contributed by atoms with Crippen LogP contribution in [0.1, 0.15) is 38.3 Å². The Labute approximate surface area is 227 Å². The zero-order valence-corrected chi connectivity index (χ0v) is 21.8. The lowest BCUT2D eigenvalue weighted by Gasteiger charge is -2.12. The summed E-state index contributed by atoms with van der Waals surface area (Å²) in [5, 5.41) is 37.7. The summed E-state index contributed by atoms with van der Waals surface area (Å²) in [6.07, 6.45) is 9.53. The maximum atomic E-state index is 9.43. The Morgan fingerprint density at radius 2 is 1.24 bits per heavy atom. The normalized spacial score (nSPS) is 15.4. The third kappa shape index (κ3) is 5.64. The fourth-order valence-electron chi connectivity index (χ4n) is 4.48. The van der Waals surface area contributed by atoms with Gasteiger partial charge in [0.25, 0.3) is 0 Å². The van der Waals surface area contributed by atoms with Crippen LogP contribution in [-0.4, -0.2) is 14.1 Å². The molecule has 2 atom stereocenters. The van der Waals surface area contributed by atoms with E-state index < -0.39 is 0 Å². The lowest BCUT2D eigenvalue weighted by atomic mass is 9.90. The second-order valence-corrected chi connectivity index (χ2v) is 10.0. The molecular weight excluding hydrogens is 486 g/mol. The Kier molecular flexibility index (Phi) is 8.01. The molecule has 1 aromatic heterocycles. The minimum atomic E-state index is -0.323. The van der Waals surface area contributed by atoms with Crippen molar-refractivity contribution < 1.29 is 0 Å². The van der Waals surface area contributed by atoms with E-state index in [1.54, 1.807) is 23.5 Å². The Morgan fingerprint density at radius 1 is 0.711 bits per heavy atom. The molecule has 0 spiro atoms. The second kappa shape index (κ2) is 11.7. The van der Waals surface area contributed by atoms with Crippen molar-refractivity contribution >= 4 is 35.3 Å². The molecule has 0 fully saturated rings. The largest absolute Gasteiger partial charge is 0.378 e. The second-order valence-electron chi connectivity index (χ2n) is 8.90. The first kappa shape index (κ1) is 25.9. The molecule has 0 aliphatic heterocycles. The van der Waals surface area contributed by atoms with Crippen LogP contribution in [0, 0.1) is 45.3 Å². The number of hydrogen-bond acceptors (Lipinski definition) is 6. The smallest absolute Gasteiger partial charge is 0.126 e. The van der Waals surface area contributed by atoms with Crippen LogP contribution in [0.2, 0.25) is 0 Å². The van der Waals surface area contributed by atoms with E-state index in [0.29, 0.717) is 0 Å². The zero-order chi connectivity index (χ0) is 27.1. The van der Waals surface area contributed by atoms with E-state index in [-0.39, 0.29) is 23.0 Å². The third-order valence-corrected chi connectivity index (χ3v) is 7.34. The van der Waals surface area contributed by atoms with Crippen LogP contribution < -0.4 is 4.90 Å². The van der Waals surface area contributed by atoms with Gasteiger partial charge in [0.15, 0.2) is 0 Å². The summed E-state index contributed by atoms with van der Waals surface area (Å²) in [5.41, 5.74) is 5.11. The molecule has 6 heteroatoms. The van der Waals surface area contributed by atoms with Crippen molar-refractivity contribution in [3.8, 4) is 24.3 Å². The molecule has 5 nitrogen and oxygen atoms in total. The molecule has 2 unspecified atom stereocenters. The number of hydrogen-bond donors (Lipinski definition) is 0. The summed E-state index contributed by atoms with van der Waals surface area (Å²) >= 11 is 1.62. The van der Waals surface area contributed by atoms with Gasteiger partial charge in [-0.05, 0) is 70.8 Å². The highest BCUT2D eigenvalue weighted by Gasteiger charge is 2.34. The van der Waals surface area contributed by atoms with E-state index in [2.05, 4.69) is 47.4 Å². The monoisotopic (exact) mass is 509 g/mol. The van der Waals surface area contributed by atoms with Crippen molar-refractivity contribution in [2.45, 2.75) is 11.8 Å². The fraction of sp³-hybridized carbons (Fsp3) is 0.125. The Morgan fingerprint density at radius 3 is 1.74 bits per heavy atom. The maximum absolute atomic E-state index is 9.43. The van der Waals surface area contributed by atoms with Gasteiger partial charge in [-0.25, -0.2) is 0 Å². The Bertz CT molecular complexity index is 1530. The number of nitrogens with zero attached hydrogens (tertiary/aromatic N) is 5. The minimum Gasteiger partial charge on any atom is -0.378 e. The van der Waals surface area contributed by atoms with Crippen LogP contribution in [0.5, 0.6) is 0 Å². The van der Waals surface area contributed by atoms with Gasteiger partial charge in [0.2, 0.25) is 0 Å². The van der Waals surface area contributed by atoms with Crippen LogP contribution >= 0.6 is 11.3 Å². The molecular formula is C32H23N5S. The standard InChI is InChI=1S/C32H23N5S/c1-37(2)25-10-7-22(8-11-25)9-12-26-13-14-27(38-26)17-32-30(15-23(18-33)19-34)28-5-3-4-6-29(28)31(32)16-24(20-35)21-36/h3-17,30-31H,1-2H3/b12-9+,32-17?. The number of fused-ring (bicyclic) bond motifs is 1. The quantitative estimate of drug-likeness (QED) is 0.327. The number of benzene rings is 2. The SMILES string of the molecule is CN(C)c1ccc(/C=C/c2ccc(C=C3C(C=C(C#N)C#N)c4ccccc4C3C=C(C#N)C#N)s2)cc1. The van der Waals surface area contributed by atoms with Gasteiger partial charge in [-0.3, -0.25) is 0 Å². The third-order valence-electron chi connectivity index (χ3n) is 6.34. The Balaban J connectivity index is 1.74. The molecule has 0 bridgehead atoms. The van der Waals surface area contributed by atoms with Gasteiger partial charge in [-0.1, -0.05) is 42.5 Å². The molecule has 182 valence electrons. The van der Waals surface area contributed by atoms with Crippen molar-refractivity contribution in [2.75, 3.05) is 19.0 Å². The minimum absolute atomic E-state index is 0.0243. The van der Waals surface area contributed by atoms with E-state index in [9.17, 15) is 21.0 Å². The van der Waals surface area contributed by atoms with Crippen molar-refractivity contribution in [1.29, 1.82) is 21.0 Å². The van der Waals surface area contributed by atoms with Crippen LogP contribution in [0.3, 0.4) is 0 Å². The molecule has 0 saturated carbocycles. The zero-order valence-electron chi connectivity index (χ0n) is 21.0. The number of anilines is 1. The number of rotatable bonds is 6. The number of thiophene rings is 1. The summed E-state index contributed by atoms with van der Waals surface area (Å²) in [6, 6.07) is 28.0. The van der Waals surface area contributed by atoms with Crippen molar-refractivity contribution in [2.24, 2.45) is 0 Å². The van der Waals surface area contributed by atoms with Gasteiger partial charge < -0.3 is 4.90 Å². The molecule has 1 heterocycles. The highest BCUT2D eigenvalue weighted by atomic mass is 32.1. The highest BCUT2D eigenvalue weighted by Crippen LogP contribution is 2.49. The summed E-state index contributed by atoms with van der Waals surface area (Å²) in [5.74, 6) is -0.645. The highest BCUT2D eigenvalue weighted by molar-refractivity contribution is 7.13. The van der Waals surface area contributed by atoms with Gasteiger partial charge in [0.05, 0.1) is 0 Å². The summed E-state index contributed by atoms with van der Waals surface area (Å²) in [7, 11) is 4.03. The Hall–Kier alpha value is -5.14. The van der Waals surface area contributed by atoms with Crippen LogP contribution in [0.4, 0.5) is 5.69 Å². The average Bonchev–Trinajstić information content (AvgIpc) is 3.51. The molecule has 1 aliphatic carbocycles. The van der Waals surface area contributed by atoms with Crippen LogP contribution in [-0.2, 0) is 0 Å². The van der Waals surface area contributed by atoms with E-state index in [1.165, 1.54) is 0 Å². The predicted molar refractivity (Wildman–Crippen MR) is 153 cm³/mol. The lowest BCUT2D eigenvalue weighted by Crippen LogP contribution is -2.07. The van der Waals surface area contributed by atoms with E-state index in [1.807, 2.05) is 74.8 Å². The molecule has 4 rings (SSSR count). The molecule has 0 saturated heterocycles. The van der Waals surface area contributed by atoms with E-state index >= 15 is 0 Å². The summed E-state index contributed by atoms with van der Waals surface area (Å²) in [4.78, 5) is 4.14. The molecule has 1 aliphatic rings. The van der Waals surface area contributed by atoms with Gasteiger partial charge in [0, 0.05) is 41.4 Å². The topological polar surface area (TPSA) is 98.4 Å². The molecule has 3 aromatic rings. The molecule has 0 amide bonds. The molecule has 0 radical (unpaired) electrons. The maximum Gasteiger partial charge on any atom is 0.126 e. The summed E-state index contributed by atoms with van der Waals surface area (Å²) < 4.78 is 0. The van der Waals surface area contributed by atoms with Gasteiger partial charge in [-0.2, -0.15) is 21.0 Å². The van der Waals surface area contributed by atoms with Crippen molar-refractivity contribution in [3.05, 3.63) is 116 Å². The van der Waals surface area contributed by atoms with Crippen molar-refractivity contribution in [1.82, 2.24) is 0 Å². The first-order chi connectivity index (χ1) is 18.5.